The van der Waals surface area contributed by atoms with E-state index >= 15 is 0 Å². The molecule has 6 aliphatic rings. The van der Waals surface area contributed by atoms with Crippen molar-refractivity contribution in [3.8, 4) is 0 Å². The number of piperazine rings is 1. The first-order chi connectivity index (χ1) is 27.7. The normalized spacial score (nSPS) is 22.6. The first-order valence-corrected chi connectivity index (χ1v) is 20.5. The second kappa shape index (κ2) is 15.5. The number of hydrogen-bond acceptors (Lipinski definition) is 12. The summed E-state index contributed by atoms with van der Waals surface area (Å²) in [4.78, 5) is 82.2. The maximum absolute atomic E-state index is 13.4. The molecule has 1 aliphatic carbocycles. The highest BCUT2D eigenvalue weighted by Gasteiger charge is 2.44. The van der Waals surface area contributed by atoms with Crippen molar-refractivity contribution < 1.29 is 24.1 Å². The summed E-state index contributed by atoms with van der Waals surface area (Å²) < 4.78 is 0. The summed E-state index contributed by atoms with van der Waals surface area (Å²) in [6, 6.07) is 13.6. The molecule has 57 heavy (non-hydrogen) atoms. The third-order valence-electron chi connectivity index (χ3n) is 13.1. The average molecular weight is 773 g/mol. The Balaban J connectivity index is 0.710. The van der Waals surface area contributed by atoms with Crippen LogP contribution in [0.5, 0.6) is 0 Å². The summed E-state index contributed by atoms with van der Waals surface area (Å²) in [5.74, 6) is 0.909. The lowest BCUT2D eigenvalue weighted by molar-refractivity contribution is -0.384. The van der Waals surface area contributed by atoms with Crippen molar-refractivity contribution in [2.45, 2.75) is 57.5 Å². The molecular weight excluding hydrogens is 725 g/mol. The number of aromatic nitrogens is 1. The maximum atomic E-state index is 13.4. The van der Waals surface area contributed by atoms with E-state index in [2.05, 4.69) is 30.6 Å². The number of nitro benzene ring substituents is 1. The van der Waals surface area contributed by atoms with Crippen LogP contribution in [0.25, 0.3) is 0 Å². The summed E-state index contributed by atoms with van der Waals surface area (Å²) in [6.45, 7) is 10.6. The van der Waals surface area contributed by atoms with Crippen LogP contribution in [0.15, 0.2) is 59.7 Å². The van der Waals surface area contributed by atoms with E-state index < -0.39 is 17.9 Å². The highest BCUT2D eigenvalue weighted by Crippen LogP contribution is 2.34. The second-order valence-corrected chi connectivity index (χ2v) is 16.6. The molecular formula is C43H48N8O6. The molecule has 1 atom stereocenters. The third-order valence-corrected chi connectivity index (χ3v) is 13.1. The number of rotatable bonds is 9. The molecule has 0 radical (unpaired) electrons. The Morgan fingerprint density at radius 3 is 2.12 bits per heavy atom. The van der Waals surface area contributed by atoms with Gasteiger partial charge in [-0.1, -0.05) is 0 Å². The van der Waals surface area contributed by atoms with Crippen LogP contribution in [-0.2, 0) is 16.1 Å². The van der Waals surface area contributed by atoms with Crippen molar-refractivity contribution in [3.05, 3.63) is 92.7 Å². The molecule has 1 unspecified atom stereocenters. The van der Waals surface area contributed by atoms with Gasteiger partial charge in [0, 0.05) is 93.9 Å². The third kappa shape index (κ3) is 7.48. The largest absolute Gasteiger partial charge is 0.371 e. The van der Waals surface area contributed by atoms with Crippen LogP contribution >= 0.6 is 0 Å². The lowest BCUT2D eigenvalue weighted by Gasteiger charge is -2.41. The van der Waals surface area contributed by atoms with Gasteiger partial charge in [-0.2, -0.15) is 0 Å². The number of piperidine rings is 2. The van der Waals surface area contributed by atoms with E-state index in [1.54, 1.807) is 24.3 Å². The second-order valence-electron chi connectivity index (χ2n) is 16.6. The molecule has 4 fully saturated rings. The first-order valence-electron chi connectivity index (χ1n) is 20.5. The molecule has 9 rings (SSSR count). The molecule has 0 bridgehead atoms. The molecule has 14 heteroatoms. The van der Waals surface area contributed by atoms with Crippen LogP contribution in [0.3, 0.4) is 0 Å². The number of pyridine rings is 1. The van der Waals surface area contributed by atoms with Gasteiger partial charge < -0.3 is 14.7 Å². The zero-order valence-corrected chi connectivity index (χ0v) is 32.2. The Labute approximate surface area is 331 Å². The standard InChI is InChI=1S/C43H48N8O6/c52-34-4-6-38(39(53)24-34)50-42(54)35-5-3-32(22-37(35)43(50)55)48-15-10-29(11-16-48)26-46-13-8-28(9-14-46)27-47-17-19-49(20-18-47)40-21-30(7-12-44-40)41-36-23-33(51(56)57)2-1-31(36)25-45-41/h1-3,5,7,12,21-23,28-29,38H,4,6,8-11,13-20,24-27H2. The van der Waals surface area contributed by atoms with Gasteiger partial charge in [0.05, 0.1) is 40.8 Å². The van der Waals surface area contributed by atoms with Crippen molar-refractivity contribution in [1.82, 2.24) is 19.7 Å². The highest BCUT2D eigenvalue weighted by molar-refractivity contribution is 6.24. The van der Waals surface area contributed by atoms with Crippen LogP contribution in [0.1, 0.15) is 82.4 Å². The Bertz CT molecular complexity index is 2150. The molecule has 5 aliphatic heterocycles. The number of nitrogens with zero attached hydrogens (tertiary/aromatic N) is 8. The number of non-ortho nitro benzene ring substituents is 1. The fourth-order valence-corrected chi connectivity index (χ4v) is 9.75. The summed E-state index contributed by atoms with van der Waals surface area (Å²) in [6.07, 6.45) is 6.61. The molecule has 0 spiro atoms. The van der Waals surface area contributed by atoms with Gasteiger partial charge in [-0.05, 0) is 99.0 Å². The predicted octanol–water partition coefficient (Wildman–Crippen LogP) is 4.38. The summed E-state index contributed by atoms with van der Waals surface area (Å²) >= 11 is 0. The highest BCUT2D eigenvalue weighted by atomic mass is 16.6. The summed E-state index contributed by atoms with van der Waals surface area (Å²) in [5, 5.41) is 11.4. The average Bonchev–Trinajstić information content (AvgIpc) is 3.76. The fraction of sp³-hybridized carbons (Fsp3) is 0.488. The zero-order valence-electron chi connectivity index (χ0n) is 32.2. The molecule has 6 heterocycles. The van der Waals surface area contributed by atoms with Crippen molar-refractivity contribution >= 4 is 46.3 Å². The number of anilines is 2. The van der Waals surface area contributed by atoms with Crippen LogP contribution in [0.2, 0.25) is 0 Å². The van der Waals surface area contributed by atoms with E-state index in [0.717, 1.165) is 117 Å². The van der Waals surface area contributed by atoms with Crippen molar-refractivity contribution in [2.24, 2.45) is 16.8 Å². The number of carbonyl (C=O) groups is 4. The number of likely N-dealkylation sites (tertiary alicyclic amines) is 1. The monoisotopic (exact) mass is 772 g/mol. The number of fused-ring (bicyclic) bond motifs is 2. The van der Waals surface area contributed by atoms with Crippen molar-refractivity contribution in [3.63, 3.8) is 0 Å². The SMILES string of the molecule is O=C1CCC(N2C(=O)c3ccc(N4CCC(CN5CCC(CN6CCN(c7cc(C8=NCc9ccc([N+](=O)[O-])cc98)ccn7)CC6)CC5)CC4)cc3C2=O)C(=O)C1. The minimum Gasteiger partial charge on any atom is -0.371 e. The van der Waals surface area contributed by atoms with Gasteiger partial charge in [-0.25, -0.2) is 4.98 Å². The smallest absolute Gasteiger partial charge is 0.270 e. The number of imide groups is 1. The quantitative estimate of drug-likeness (QED) is 0.132. The molecule has 0 N–H and O–H groups in total. The zero-order chi connectivity index (χ0) is 39.2. The topological polar surface area (TPSA) is 153 Å². The van der Waals surface area contributed by atoms with Crippen molar-refractivity contribution in [1.29, 1.82) is 0 Å². The molecule has 2 amide bonds. The Kier molecular flexibility index (Phi) is 10.2. The van der Waals surface area contributed by atoms with Crippen LogP contribution < -0.4 is 9.80 Å². The van der Waals surface area contributed by atoms with E-state index in [4.69, 9.17) is 4.99 Å². The lowest BCUT2D eigenvalue weighted by atomic mass is 9.92. The minimum absolute atomic E-state index is 0.0804. The molecule has 296 valence electrons. The van der Waals surface area contributed by atoms with Gasteiger partial charge in [0.1, 0.15) is 11.6 Å². The lowest BCUT2D eigenvalue weighted by Crippen LogP contribution is -2.49. The molecule has 1 saturated carbocycles. The minimum atomic E-state index is -0.848. The number of carbonyl (C=O) groups excluding carboxylic acids is 4. The number of aliphatic imine (C=N–C) groups is 1. The Morgan fingerprint density at radius 2 is 1.40 bits per heavy atom. The van der Waals surface area contributed by atoms with Gasteiger partial charge in [0.2, 0.25) is 0 Å². The molecule has 2 aromatic carbocycles. The Morgan fingerprint density at radius 1 is 0.702 bits per heavy atom. The molecule has 3 saturated heterocycles. The van der Waals surface area contributed by atoms with Gasteiger partial charge in [0.25, 0.3) is 17.5 Å². The molecule has 1 aromatic heterocycles. The fourth-order valence-electron chi connectivity index (χ4n) is 9.75. The predicted molar refractivity (Wildman–Crippen MR) is 214 cm³/mol. The van der Waals surface area contributed by atoms with E-state index in [9.17, 15) is 29.3 Å². The van der Waals surface area contributed by atoms with Gasteiger partial charge in [-0.3, -0.25) is 44.1 Å². The van der Waals surface area contributed by atoms with Gasteiger partial charge in [-0.15, -0.1) is 0 Å². The summed E-state index contributed by atoms with van der Waals surface area (Å²) in [5.41, 5.74) is 5.30. The maximum Gasteiger partial charge on any atom is 0.270 e. The van der Waals surface area contributed by atoms with E-state index in [1.165, 1.54) is 12.8 Å². The number of benzene rings is 2. The number of Topliss-reactive ketones (excluding diaryl/α,β-unsaturated/α-hetero) is 2. The van der Waals surface area contributed by atoms with E-state index in [1.807, 2.05) is 24.4 Å². The van der Waals surface area contributed by atoms with Crippen LogP contribution in [0, 0.1) is 22.0 Å². The number of ketones is 2. The number of hydrogen-bond donors (Lipinski definition) is 0. The Hall–Kier alpha value is -5.34. The van der Waals surface area contributed by atoms with E-state index in [-0.39, 0.29) is 41.4 Å². The van der Waals surface area contributed by atoms with Crippen LogP contribution in [0.4, 0.5) is 17.2 Å². The van der Waals surface area contributed by atoms with E-state index in [0.29, 0.717) is 29.5 Å². The van der Waals surface area contributed by atoms with Gasteiger partial charge in [0.15, 0.2) is 5.78 Å². The van der Waals surface area contributed by atoms with Crippen molar-refractivity contribution in [2.75, 3.05) is 75.2 Å². The first kappa shape index (κ1) is 37.2. The molecule has 14 nitrogen and oxygen atoms in total. The number of amides is 2. The molecule has 3 aromatic rings. The van der Waals surface area contributed by atoms with Crippen LogP contribution in [-0.4, -0.2) is 125 Å². The van der Waals surface area contributed by atoms with Gasteiger partial charge >= 0.3 is 0 Å². The summed E-state index contributed by atoms with van der Waals surface area (Å²) in [7, 11) is 0. The number of nitro groups is 1.